The molecule has 1 fully saturated rings. The second-order valence-corrected chi connectivity index (χ2v) is 4.98. The average Bonchev–Trinajstić information content (AvgIpc) is 3.12. The lowest BCUT2D eigenvalue weighted by molar-refractivity contribution is 0.0664. The Morgan fingerprint density at radius 3 is 2.95 bits per heavy atom. The summed E-state index contributed by atoms with van der Waals surface area (Å²) in [5.41, 5.74) is 0.623. The van der Waals surface area contributed by atoms with E-state index in [2.05, 4.69) is 5.32 Å². The van der Waals surface area contributed by atoms with Gasteiger partial charge in [0.25, 0.3) is 5.91 Å². The Hall–Kier alpha value is -2.34. The van der Waals surface area contributed by atoms with E-state index in [1.807, 2.05) is 0 Å². The summed E-state index contributed by atoms with van der Waals surface area (Å²) in [4.78, 5) is 23.2. The average molecular weight is 289 g/mol. The van der Waals surface area contributed by atoms with Gasteiger partial charge in [-0.1, -0.05) is 12.1 Å². The van der Waals surface area contributed by atoms with E-state index < -0.39 is 5.97 Å². The first kappa shape index (κ1) is 13.6. The minimum Gasteiger partial charge on any atom is -0.475 e. The van der Waals surface area contributed by atoms with Crippen LogP contribution in [-0.2, 0) is 4.74 Å². The maximum Gasteiger partial charge on any atom is 0.371 e. The number of aromatic carboxylic acids is 1. The zero-order valence-electron chi connectivity index (χ0n) is 11.3. The molecule has 6 nitrogen and oxygen atoms in total. The molecule has 1 atom stereocenters. The van der Waals surface area contributed by atoms with Gasteiger partial charge in [-0.25, -0.2) is 4.79 Å². The van der Waals surface area contributed by atoms with Gasteiger partial charge >= 0.3 is 5.97 Å². The molecule has 1 saturated heterocycles. The summed E-state index contributed by atoms with van der Waals surface area (Å²) in [6.07, 6.45) is 2.00. The molecule has 1 aliphatic heterocycles. The third-order valence-electron chi connectivity index (χ3n) is 3.51. The van der Waals surface area contributed by atoms with Gasteiger partial charge in [-0.2, -0.15) is 0 Å². The van der Waals surface area contributed by atoms with Gasteiger partial charge in [0, 0.05) is 18.5 Å². The van der Waals surface area contributed by atoms with Gasteiger partial charge in [-0.3, -0.25) is 4.79 Å². The van der Waals surface area contributed by atoms with Crippen LogP contribution in [0.3, 0.4) is 0 Å². The zero-order valence-corrected chi connectivity index (χ0v) is 11.3. The van der Waals surface area contributed by atoms with Crippen molar-refractivity contribution in [1.29, 1.82) is 0 Å². The highest BCUT2D eigenvalue weighted by atomic mass is 16.5. The van der Waals surface area contributed by atoms with Crippen LogP contribution in [0.4, 0.5) is 0 Å². The Morgan fingerprint density at radius 2 is 2.24 bits per heavy atom. The third kappa shape index (κ3) is 2.75. The van der Waals surface area contributed by atoms with Crippen LogP contribution in [0.15, 0.2) is 28.7 Å². The lowest BCUT2D eigenvalue weighted by Crippen LogP contribution is -2.31. The molecule has 1 unspecified atom stereocenters. The van der Waals surface area contributed by atoms with E-state index in [1.165, 1.54) is 6.07 Å². The van der Waals surface area contributed by atoms with Gasteiger partial charge in [-0.15, -0.1) is 0 Å². The molecule has 1 amide bonds. The lowest BCUT2D eigenvalue weighted by atomic mass is 10.1. The molecule has 2 N–H and O–H groups in total. The maximum atomic E-state index is 12.2. The van der Waals surface area contributed by atoms with Crippen LogP contribution in [0.1, 0.15) is 33.8 Å². The fourth-order valence-corrected chi connectivity index (χ4v) is 2.45. The molecule has 2 heterocycles. The SMILES string of the molecule is O=C(O)c1cc2cccc(C(=O)NCC3CCCO3)c2o1. The maximum absolute atomic E-state index is 12.2. The smallest absolute Gasteiger partial charge is 0.371 e. The van der Waals surface area contributed by atoms with Gasteiger partial charge in [-0.05, 0) is 25.0 Å². The van der Waals surface area contributed by atoms with Crippen molar-refractivity contribution in [1.82, 2.24) is 5.32 Å². The van der Waals surface area contributed by atoms with E-state index in [4.69, 9.17) is 14.3 Å². The van der Waals surface area contributed by atoms with Crippen molar-refractivity contribution in [2.45, 2.75) is 18.9 Å². The summed E-state index contributed by atoms with van der Waals surface area (Å²) >= 11 is 0. The van der Waals surface area contributed by atoms with E-state index in [-0.39, 0.29) is 17.8 Å². The van der Waals surface area contributed by atoms with E-state index >= 15 is 0 Å². The molecule has 1 aromatic carbocycles. The zero-order chi connectivity index (χ0) is 14.8. The predicted molar refractivity (Wildman–Crippen MR) is 74.5 cm³/mol. The summed E-state index contributed by atoms with van der Waals surface area (Å²) in [6.45, 7) is 1.18. The molecular weight excluding hydrogens is 274 g/mol. The minimum absolute atomic E-state index is 0.0549. The summed E-state index contributed by atoms with van der Waals surface area (Å²) in [5.74, 6) is -1.62. The van der Waals surface area contributed by atoms with Gasteiger partial charge in [0.15, 0.2) is 0 Å². The number of carboxylic acid groups (broad SMARTS) is 1. The summed E-state index contributed by atoms with van der Waals surface area (Å²) in [6, 6.07) is 6.43. The molecule has 0 radical (unpaired) electrons. The first-order chi connectivity index (χ1) is 10.1. The van der Waals surface area contributed by atoms with E-state index in [9.17, 15) is 9.59 Å². The molecule has 110 valence electrons. The van der Waals surface area contributed by atoms with Crippen LogP contribution in [-0.4, -0.2) is 36.2 Å². The molecule has 21 heavy (non-hydrogen) atoms. The number of carbonyl (C=O) groups excluding carboxylic acids is 1. The number of hydrogen-bond acceptors (Lipinski definition) is 4. The minimum atomic E-state index is -1.16. The normalized spacial score (nSPS) is 18.0. The summed E-state index contributed by atoms with van der Waals surface area (Å²) in [5, 5.41) is 12.3. The van der Waals surface area contributed by atoms with Crippen LogP contribution in [0.2, 0.25) is 0 Å². The predicted octanol–water partition coefficient (Wildman–Crippen LogP) is 2.04. The second kappa shape index (κ2) is 5.57. The van der Waals surface area contributed by atoms with Crippen molar-refractivity contribution in [3.63, 3.8) is 0 Å². The van der Waals surface area contributed by atoms with E-state index in [1.54, 1.807) is 18.2 Å². The van der Waals surface area contributed by atoms with Crippen molar-refractivity contribution in [2.75, 3.05) is 13.2 Å². The first-order valence-corrected chi connectivity index (χ1v) is 6.81. The third-order valence-corrected chi connectivity index (χ3v) is 3.51. The molecule has 0 aliphatic carbocycles. The Labute approximate surface area is 120 Å². The van der Waals surface area contributed by atoms with Gasteiger partial charge < -0.3 is 19.6 Å². The molecular formula is C15H15NO5. The fraction of sp³-hybridized carbons (Fsp3) is 0.333. The highest BCUT2D eigenvalue weighted by Crippen LogP contribution is 2.23. The number of amides is 1. The van der Waals surface area contributed by atoms with Crippen molar-refractivity contribution >= 4 is 22.8 Å². The first-order valence-electron chi connectivity index (χ1n) is 6.81. The van der Waals surface area contributed by atoms with Gasteiger partial charge in [0.1, 0.15) is 5.58 Å². The molecule has 1 aromatic heterocycles. The summed E-state index contributed by atoms with van der Waals surface area (Å²) < 4.78 is 10.7. The molecule has 0 saturated carbocycles. The number of benzene rings is 1. The van der Waals surface area contributed by atoms with Crippen molar-refractivity contribution in [3.8, 4) is 0 Å². The van der Waals surface area contributed by atoms with Crippen molar-refractivity contribution < 1.29 is 23.8 Å². The number of ether oxygens (including phenoxy) is 1. The number of rotatable bonds is 4. The number of carbonyl (C=O) groups is 2. The van der Waals surface area contributed by atoms with Gasteiger partial charge in [0.05, 0.1) is 11.7 Å². The van der Waals surface area contributed by atoms with Crippen LogP contribution in [0.25, 0.3) is 11.0 Å². The highest BCUT2D eigenvalue weighted by Gasteiger charge is 2.19. The Bertz CT molecular complexity index is 684. The standard InChI is InChI=1S/C15H15NO5/c17-14(16-8-10-4-2-6-20-10)11-5-1-3-9-7-12(15(18)19)21-13(9)11/h1,3,5,7,10H,2,4,6,8H2,(H,16,17)(H,18,19). The quantitative estimate of drug-likeness (QED) is 0.899. The number of nitrogens with one attached hydrogen (secondary N) is 1. The van der Waals surface area contributed by atoms with Crippen LogP contribution in [0.5, 0.6) is 0 Å². The van der Waals surface area contributed by atoms with Crippen molar-refractivity contribution in [2.24, 2.45) is 0 Å². The molecule has 3 rings (SSSR count). The van der Waals surface area contributed by atoms with Crippen LogP contribution >= 0.6 is 0 Å². The van der Waals surface area contributed by atoms with E-state index in [0.29, 0.717) is 23.1 Å². The molecule has 6 heteroatoms. The fourth-order valence-electron chi connectivity index (χ4n) is 2.45. The number of para-hydroxylation sites is 1. The highest BCUT2D eigenvalue weighted by molar-refractivity contribution is 6.06. The van der Waals surface area contributed by atoms with Crippen molar-refractivity contribution in [3.05, 3.63) is 35.6 Å². The van der Waals surface area contributed by atoms with Crippen LogP contribution < -0.4 is 5.32 Å². The molecule has 0 bridgehead atoms. The van der Waals surface area contributed by atoms with E-state index in [0.717, 1.165) is 19.4 Å². The molecule has 1 aliphatic rings. The summed E-state index contributed by atoms with van der Waals surface area (Å²) in [7, 11) is 0. The van der Waals surface area contributed by atoms with Gasteiger partial charge in [0.2, 0.25) is 5.76 Å². The second-order valence-electron chi connectivity index (χ2n) is 4.98. The number of carboxylic acids is 1. The number of furan rings is 1. The van der Waals surface area contributed by atoms with Crippen LogP contribution in [0, 0.1) is 0 Å². The Morgan fingerprint density at radius 1 is 1.38 bits per heavy atom. The number of hydrogen-bond donors (Lipinski definition) is 2. The monoisotopic (exact) mass is 289 g/mol. The Balaban J connectivity index is 1.81. The molecule has 0 spiro atoms. The number of fused-ring (bicyclic) bond motifs is 1. The molecule has 2 aromatic rings. The topological polar surface area (TPSA) is 88.8 Å². The largest absolute Gasteiger partial charge is 0.475 e. The Kier molecular flexibility index (Phi) is 3.62. The lowest BCUT2D eigenvalue weighted by Gasteiger charge is -2.10.